The average molecular weight is 398 g/mol. The van der Waals surface area contributed by atoms with Crippen molar-refractivity contribution in [2.24, 2.45) is 5.41 Å². The second kappa shape index (κ2) is 12.5. The van der Waals surface area contributed by atoms with E-state index in [2.05, 4.69) is 6.92 Å². The second-order valence-corrected chi connectivity index (χ2v) is 7.02. The van der Waals surface area contributed by atoms with Gasteiger partial charge < -0.3 is 9.47 Å². The number of halogens is 2. The minimum atomic E-state index is -1.37. The number of benzene rings is 1. The van der Waals surface area contributed by atoms with Gasteiger partial charge in [-0.1, -0.05) is 58.9 Å². The Morgan fingerprint density at radius 2 is 1.46 bits per heavy atom. The lowest BCUT2D eigenvalue weighted by Gasteiger charge is -2.27. The number of esters is 2. The van der Waals surface area contributed by atoms with Gasteiger partial charge in [0.15, 0.2) is 17.0 Å². The smallest absolute Gasteiger partial charge is 0.323 e. The van der Waals surface area contributed by atoms with E-state index in [1.54, 1.807) is 13.8 Å². The maximum atomic E-state index is 13.3. The summed E-state index contributed by atoms with van der Waals surface area (Å²) in [6.45, 7) is 5.66. The molecule has 0 unspecified atom stereocenters. The van der Waals surface area contributed by atoms with E-state index < -0.39 is 29.0 Å². The molecule has 0 radical (unpaired) electrons. The Morgan fingerprint density at radius 1 is 0.857 bits per heavy atom. The summed E-state index contributed by atoms with van der Waals surface area (Å²) in [7, 11) is 0. The third-order valence-corrected chi connectivity index (χ3v) is 5.07. The SMILES string of the molecule is CCCCCCCCOC(=O)C(CC)(CC)C(=O)OCc1ccc(F)c(F)c1. The van der Waals surface area contributed by atoms with E-state index in [1.165, 1.54) is 25.3 Å². The van der Waals surface area contributed by atoms with Crippen LogP contribution in [0.4, 0.5) is 8.78 Å². The summed E-state index contributed by atoms with van der Waals surface area (Å²) in [6.07, 6.45) is 6.91. The van der Waals surface area contributed by atoms with E-state index in [-0.39, 0.29) is 26.1 Å². The first-order chi connectivity index (χ1) is 13.4. The van der Waals surface area contributed by atoms with Gasteiger partial charge in [0.2, 0.25) is 0 Å². The Kier molecular flexibility index (Phi) is 10.7. The highest BCUT2D eigenvalue weighted by molar-refractivity contribution is 5.99. The van der Waals surface area contributed by atoms with Crippen molar-refractivity contribution in [1.29, 1.82) is 0 Å². The number of unbranched alkanes of at least 4 members (excludes halogenated alkanes) is 5. The Morgan fingerprint density at radius 3 is 2.07 bits per heavy atom. The van der Waals surface area contributed by atoms with E-state index in [9.17, 15) is 18.4 Å². The van der Waals surface area contributed by atoms with Crippen LogP contribution in [-0.4, -0.2) is 18.5 Å². The van der Waals surface area contributed by atoms with Gasteiger partial charge in [-0.15, -0.1) is 0 Å². The van der Waals surface area contributed by atoms with E-state index in [0.717, 1.165) is 31.4 Å². The molecule has 6 heteroatoms. The summed E-state index contributed by atoms with van der Waals surface area (Å²) in [4.78, 5) is 25.2. The van der Waals surface area contributed by atoms with Crippen molar-refractivity contribution < 1.29 is 27.8 Å². The molecule has 1 aromatic rings. The summed E-state index contributed by atoms with van der Waals surface area (Å²) in [5.41, 5.74) is -1.06. The Bertz CT molecular complexity index is 627. The third kappa shape index (κ3) is 6.88. The predicted octanol–water partition coefficient (Wildman–Crippen LogP) is 5.72. The van der Waals surface area contributed by atoms with Gasteiger partial charge in [0.25, 0.3) is 0 Å². The molecule has 0 saturated carbocycles. The summed E-state index contributed by atoms with van der Waals surface area (Å²) in [5, 5.41) is 0. The van der Waals surface area contributed by atoms with Gasteiger partial charge in [0.1, 0.15) is 6.61 Å². The second-order valence-electron chi connectivity index (χ2n) is 7.02. The van der Waals surface area contributed by atoms with Crippen molar-refractivity contribution >= 4 is 11.9 Å². The molecule has 158 valence electrons. The molecule has 0 N–H and O–H groups in total. The first-order valence-electron chi connectivity index (χ1n) is 10.2. The molecular formula is C22H32F2O4. The van der Waals surface area contributed by atoms with Crippen molar-refractivity contribution in [3.63, 3.8) is 0 Å². The molecule has 0 bridgehead atoms. The minimum absolute atomic E-state index is 0.234. The molecule has 0 amide bonds. The maximum Gasteiger partial charge on any atom is 0.323 e. The molecule has 0 heterocycles. The Hall–Kier alpha value is -1.98. The number of carbonyl (C=O) groups is 2. The van der Waals surface area contributed by atoms with Crippen LogP contribution < -0.4 is 0 Å². The van der Waals surface area contributed by atoms with Crippen LogP contribution in [0.5, 0.6) is 0 Å². The minimum Gasteiger partial charge on any atom is -0.465 e. The predicted molar refractivity (Wildman–Crippen MR) is 104 cm³/mol. The zero-order valence-corrected chi connectivity index (χ0v) is 17.2. The molecule has 0 aliphatic carbocycles. The molecule has 28 heavy (non-hydrogen) atoms. The highest BCUT2D eigenvalue weighted by atomic mass is 19.2. The third-order valence-electron chi connectivity index (χ3n) is 5.07. The van der Waals surface area contributed by atoms with E-state index in [4.69, 9.17) is 9.47 Å². The van der Waals surface area contributed by atoms with Gasteiger partial charge in [-0.05, 0) is 37.0 Å². The van der Waals surface area contributed by atoms with E-state index in [0.29, 0.717) is 5.56 Å². The van der Waals surface area contributed by atoms with Crippen molar-refractivity contribution in [2.45, 2.75) is 78.7 Å². The number of rotatable bonds is 13. The lowest BCUT2D eigenvalue weighted by atomic mass is 9.82. The van der Waals surface area contributed by atoms with Crippen LogP contribution in [0.25, 0.3) is 0 Å². The molecule has 4 nitrogen and oxygen atoms in total. The van der Waals surface area contributed by atoms with Crippen LogP contribution in [0.15, 0.2) is 18.2 Å². The number of hydrogen-bond donors (Lipinski definition) is 0. The quantitative estimate of drug-likeness (QED) is 0.242. The first-order valence-corrected chi connectivity index (χ1v) is 10.2. The summed E-state index contributed by atoms with van der Waals surface area (Å²) in [6, 6.07) is 3.28. The highest BCUT2D eigenvalue weighted by Crippen LogP contribution is 2.30. The fraction of sp³-hybridized carbons (Fsp3) is 0.636. The fourth-order valence-electron chi connectivity index (χ4n) is 3.01. The molecule has 1 rings (SSSR count). The summed E-state index contributed by atoms with van der Waals surface area (Å²) >= 11 is 0. The molecule has 0 aliphatic heterocycles. The van der Waals surface area contributed by atoms with Crippen LogP contribution >= 0.6 is 0 Å². The lowest BCUT2D eigenvalue weighted by molar-refractivity contribution is -0.174. The van der Waals surface area contributed by atoms with Crippen LogP contribution in [0.2, 0.25) is 0 Å². The first kappa shape index (κ1) is 24.1. The van der Waals surface area contributed by atoms with Gasteiger partial charge in [-0.3, -0.25) is 9.59 Å². The van der Waals surface area contributed by atoms with Crippen LogP contribution in [0.1, 0.15) is 77.7 Å². The lowest BCUT2D eigenvalue weighted by Crippen LogP contribution is -2.41. The van der Waals surface area contributed by atoms with Gasteiger partial charge >= 0.3 is 11.9 Å². The van der Waals surface area contributed by atoms with Crippen LogP contribution in [-0.2, 0) is 25.7 Å². The maximum absolute atomic E-state index is 13.3. The monoisotopic (exact) mass is 398 g/mol. The molecule has 0 spiro atoms. The summed E-state index contributed by atoms with van der Waals surface area (Å²) < 4.78 is 36.9. The van der Waals surface area contributed by atoms with Gasteiger partial charge in [0.05, 0.1) is 6.61 Å². The van der Waals surface area contributed by atoms with E-state index >= 15 is 0 Å². The normalized spacial score (nSPS) is 11.3. The number of carbonyl (C=O) groups excluding carboxylic acids is 2. The Labute approximate surface area is 166 Å². The molecular weight excluding hydrogens is 366 g/mol. The van der Waals surface area contributed by atoms with E-state index in [1.807, 2.05) is 0 Å². The standard InChI is InChI=1S/C22H32F2O4/c1-4-7-8-9-10-11-14-27-20(25)22(5-2,6-3)21(26)28-16-17-12-13-18(23)19(24)15-17/h12-13,15H,4-11,14,16H2,1-3H3. The zero-order valence-electron chi connectivity index (χ0n) is 17.2. The molecule has 0 aliphatic rings. The van der Waals surface area contributed by atoms with Crippen molar-refractivity contribution in [1.82, 2.24) is 0 Å². The highest BCUT2D eigenvalue weighted by Gasteiger charge is 2.45. The van der Waals surface area contributed by atoms with Gasteiger partial charge in [-0.2, -0.15) is 0 Å². The van der Waals surface area contributed by atoms with Gasteiger partial charge in [-0.25, -0.2) is 8.78 Å². The van der Waals surface area contributed by atoms with Gasteiger partial charge in [0, 0.05) is 0 Å². The number of hydrogen-bond acceptors (Lipinski definition) is 4. The molecule has 0 saturated heterocycles. The molecule has 1 aromatic carbocycles. The summed E-state index contributed by atoms with van der Waals surface area (Å²) in [5.74, 6) is -3.26. The molecule has 0 fully saturated rings. The van der Waals surface area contributed by atoms with Crippen LogP contribution in [0.3, 0.4) is 0 Å². The Balaban J connectivity index is 2.57. The topological polar surface area (TPSA) is 52.6 Å². The molecule has 0 aromatic heterocycles. The fourth-order valence-corrected chi connectivity index (χ4v) is 3.01. The van der Waals surface area contributed by atoms with Crippen molar-refractivity contribution in [2.75, 3.05) is 6.61 Å². The van der Waals surface area contributed by atoms with Crippen molar-refractivity contribution in [3.8, 4) is 0 Å². The zero-order chi connectivity index (χ0) is 21.0. The van der Waals surface area contributed by atoms with Crippen molar-refractivity contribution in [3.05, 3.63) is 35.4 Å². The molecule has 0 atom stereocenters. The van der Waals surface area contributed by atoms with Crippen LogP contribution in [0, 0.1) is 17.0 Å². The average Bonchev–Trinajstić information content (AvgIpc) is 2.69. The largest absolute Gasteiger partial charge is 0.465 e. The number of ether oxygens (including phenoxy) is 2.